The van der Waals surface area contributed by atoms with Crippen LogP contribution in [0, 0.1) is 0 Å². The third-order valence-electron chi connectivity index (χ3n) is 3.41. The Morgan fingerprint density at radius 1 is 1.50 bits per heavy atom. The van der Waals surface area contributed by atoms with Gasteiger partial charge in [0.05, 0.1) is 32.5 Å². The number of ether oxygens (including phenoxy) is 2. The van der Waals surface area contributed by atoms with Gasteiger partial charge in [0.2, 0.25) is 0 Å². The van der Waals surface area contributed by atoms with E-state index in [1.807, 2.05) is 30.3 Å². The second-order valence-corrected chi connectivity index (χ2v) is 4.88. The number of hydrogen-bond donors (Lipinski definition) is 1. The van der Waals surface area contributed by atoms with Gasteiger partial charge in [0.1, 0.15) is 6.10 Å². The van der Waals surface area contributed by atoms with Crippen molar-refractivity contribution in [1.29, 1.82) is 0 Å². The van der Waals surface area contributed by atoms with Crippen LogP contribution in [-0.4, -0.2) is 54.4 Å². The van der Waals surface area contributed by atoms with Crippen LogP contribution < -0.4 is 0 Å². The van der Waals surface area contributed by atoms with Crippen molar-refractivity contribution in [3.05, 3.63) is 35.9 Å². The number of aliphatic hydroxyl groups excluding tert-OH is 1. The molecule has 1 aromatic carbocycles. The van der Waals surface area contributed by atoms with Gasteiger partial charge in [-0.05, 0) is 12.5 Å². The minimum atomic E-state index is -0.526. The van der Waals surface area contributed by atoms with Gasteiger partial charge in [0, 0.05) is 6.54 Å². The van der Waals surface area contributed by atoms with E-state index < -0.39 is 6.10 Å². The maximum absolute atomic E-state index is 12.3. The predicted molar refractivity (Wildman–Crippen MR) is 74.1 cm³/mol. The van der Waals surface area contributed by atoms with Crippen molar-refractivity contribution < 1.29 is 19.4 Å². The number of amides is 1. The number of aliphatic hydroxyl groups is 1. The Morgan fingerprint density at radius 3 is 2.95 bits per heavy atom. The zero-order chi connectivity index (χ0) is 14.4. The number of nitrogens with zero attached hydrogens (tertiary/aromatic N) is 1. The molecule has 1 saturated heterocycles. The summed E-state index contributed by atoms with van der Waals surface area (Å²) >= 11 is 0. The van der Waals surface area contributed by atoms with Gasteiger partial charge in [-0.15, -0.1) is 0 Å². The van der Waals surface area contributed by atoms with Gasteiger partial charge < -0.3 is 19.5 Å². The molecular weight excluding hydrogens is 258 g/mol. The average molecular weight is 279 g/mol. The Bertz CT molecular complexity index is 423. The van der Waals surface area contributed by atoms with Crippen molar-refractivity contribution in [2.45, 2.75) is 25.7 Å². The molecule has 1 fully saturated rings. The van der Waals surface area contributed by atoms with E-state index in [1.165, 1.54) is 0 Å². The molecule has 0 bridgehead atoms. The Hall–Kier alpha value is -1.43. The van der Waals surface area contributed by atoms with E-state index in [4.69, 9.17) is 9.47 Å². The molecule has 2 unspecified atom stereocenters. The minimum absolute atomic E-state index is 0.0862. The molecule has 5 heteroatoms. The first-order valence-corrected chi connectivity index (χ1v) is 6.87. The van der Waals surface area contributed by atoms with Gasteiger partial charge in [-0.25, -0.2) is 0 Å². The summed E-state index contributed by atoms with van der Waals surface area (Å²) in [5.41, 5.74) is 1.04. The SMILES string of the molecule is CC(OCc1ccccc1)C(=O)N1CCOCC1CO. The summed E-state index contributed by atoms with van der Waals surface area (Å²) in [6.07, 6.45) is -0.526. The van der Waals surface area contributed by atoms with E-state index in [9.17, 15) is 9.90 Å². The predicted octanol–water partition coefficient (Wildman–Crippen LogP) is 0.811. The van der Waals surface area contributed by atoms with E-state index in [1.54, 1.807) is 11.8 Å². The lowest BCUT2D eigenvalue weighted by molar-refractivity contribution is -0.153. The molecule has 0 radical (unpaired) electrons. The highest BCUT2D eigenvalue weighted by Gasteiger charge is 2.30. The summed E-state index contributed by atoms with van der Waals surface area (Å²) in [4.78, 5) is 14.0. The normalized spacial score (nSPS) is 20.7. The molecule has 1 aliphatic rings. The first-order valence-electron chi connectivity index (χ1n) is 6.87. The fraction of sp³-hybridized carbons (Fsp3) is 0.533. The van der Waals surface area contributed by atoms with Crippen LogP contribution in [0.5, 0.6) is 0 Å². The molecule has 1 N–H and O–H groups in total. The number of rotatable bonds is 5. The number of carbonyl (C=O) groups excluding carboxylic acids is 1. The van der Waals surface area contributed by atoms with E-state index >= 15 is 0 Å². The number of benzene rings is 1. The lowest BCUT2D eigenvalue weighted by Crippen LogP contribution is -2.53. The van der Waals surface area contributed by atoms with E-state index in [0.29, 0.717) is 26.4 Å². The second kappa shape index (κ2) is 7.38. The van der Waals surface area contributed by atoms with Crippen molar-refractivity contribution >= 4 is 5.91 Å². The van der Waals surface area contributed by atoms with Gasteiger partial charge in [-0.2, -0.15) is 0 Å². The monoisotopic (exact) mass is 279 g/mol. The zero-order valence-electron chi connectivity index (χ0n) is 11.7. The van der Waals surface area contributed by atoms with Crippen LogP contribution in [0.25, 0.3) is 0 Å². The fourth-order valence-electron chi connectivity index (χ4n) is 2.20. The minimum Gasteiger partial charge on any atom is -0.394 e. The molecule has 0 aromatic heterocycles. The van der Waals surface area contributed by atoms with Crippen LogP contribution >= 0.6 is 0 Å². The molecule has 1 amide bonds. The van der Waals surface area contributed by atoms with Crippen molar-refractivity contribution in [2.75, 3.05) is 26.4 Å². The van der Waals surface area contributed by atoms with Gasteiger partial charge in [0.25, 0.3) is 5.91 Å². The molecule has 1 aliphatic heterocycles. The summed E-state index contributed by atoms with van der Waals surface area (Å²) in [6, 6.07) is 9.48. The Morgan fingerprint density at radius 2 is 2.25 bits per heavy atom. The Labute approximate surface area is 119 Å². The molecule has 0 spiro atoms. The standard InChI is InChI=1S/C15H21NO4/c1-12(20-10-13-5-3-2-4-6-13)15(18)16-7-8-19-11-14(16)9-17/h2-6,12,14,17H,7-11H2,1H3. The van der Waals surface area contributed by atoms with Crippen LogP contribution in [-0.2, 0) is 20.9 Å². The molecule has 110 valence electrons. The maximum Gasteiger partial charge on any atom is 0.251 e. The average Bonchev–Trinajstić information content (AvgIpc) is 2.52. The largest absolute Gasteiger partial charge is 0.394 e. The van der Waals surface area contributed by atoms with Crippen LogP contribution in [0.15, 0.2) is 30.3 Å². The third-order valence-corrected chi connectivity index (χ3v) is 3.41. The van der Waals surface area contributed by atoms with E-state index in [-0.39, 0.29) is 18.6 Å². The Kier molecular flexibility index (Phi) is 5.52. The highest BCUT2D eigenvalue weighted by atomic mass is 16.5. The van der Waals surface area contributed by atoms with Gasteiger partial charge in [-0.1, -0.05) is 30.3 Å². The van der Waals surface area contributed by atoms with Crippen LogP contribution in [0.4, 0.5) is 0 Å². The van der Waals surface area contributed by atoms with Crippen molar-refractivity contribution in [1.82, 2.24) is 4.90 Å². The van der Waals surface area contributed by atoms with Crippen LogP contribution in [0.1, 0.15) is 12.5 Å². The van der Waals surface area contributed by atoms with Gasteiger partial charge >= 0.3 is 0 Å². The van der Waals surface area contributed by atoms with E-state index in [2.05, 4.69) is 0 Å². The number of carbonyl (C=O) groups is 1. The van der Waals surface area contributed by atoms with Crippen molar-refractivity contribution in [3.63, 3.8) is 0 Å². The molecule has 0 saturated carbocycles. The summed E-state index contributed by atoms with van der Waals surface area (Å²) in [5.74, 6) is -0.0942. The number of morpholine rings is 1. The zero-order valence-corrected chi connectivity index (χ0v) is 11.7. The lowest BCUT2D eigenvalue weighted by atomic mass is 10.2. The highest BCUT2D eigenvalue weighted by molar-refractivity contribution is 5.81. The molecule has 2 rings (SSSR count). The summed E-state index contributed by atoms with van der Waals surface area (Å²) < 4.78 is 10.9. The number of hydrogen-bond acceptors (Lipinski definition) is 4. The maximum atomic E-state index is 12.3. The first kappa shape index (κ1) is 15.0. The lowest BCUT2D eigenvalue weighted by Gasteiger charge is -2.35. The smallest absolute Gasteiger partial charge is 0.251 e. The fourth-order valence-corrected chi connectivity index (χ4v) is 2.20. The quantitative estimate of drug-likeness (QED) is 0.866. The van der Waals surface area contributed by atoms with E-state index in [0.717, 1.165) is 5.56 Å². The molecule has 2 atom stereocenters. The van der Waals surface area contributed by atoms with Crippen molar-refractivity contribution in [3.8, 4) is 0 Å². The molecule has 1 aromatic rings. The second-order valence-electron chi connectivity index (χ2n) is 4.88. The molecule has 0 aliphatic carbocycles. The summed E-state index contributed by atoms with van der Waals surface area (Å²) in [7, 11) is 0. The van der Waals surface area contributed by atoms with Crippen molar-refractivity contribution in [2.24, 2.45) is 0 Å². The van der Waals surface area contributed by atoms with Crippen LogP contribution in [0.3, 0.4) is 0 Å². The Balaban J connectivity index is 1.87. The molecule has 5 nitrogen and oxygen atoms in total. The van der Waals surface area contributed by atoms with Crippen LogP contribution in [0.2, 0.25) is 0 Å². The molecular formula is C15H21NO4. The molecule has 1 heterocycles. The van der Waals surface area contributed by atoms with Gasteiger partial charge in [0.15, 0.2) is 0 Å². The van der Waals surface area contributed by atoms with Gasteiger partial charge in [-0.3, -0.25) is 4.79 Å². The summed E-state index contributed by atoms with van der Waals surface area (Å²) in [5, 5.41) is 9.29. The first-order chi connectivity index (χ1) is 9.72. The third kappa shape index (κ3) is 3.79. The summed E-state index contributed by atoms with van der Waals surface area (Å²) in [6.45, 7) is 3.46. The topological polar surface area (TPSA) is 59.0 Å². The highest BCUT2D eigenvalue weighted by Crippen LogP contribution is 2.11. The molecule has 20 heavy (non-hydrogen) atoms.